The van der Waals surface area contributed by atoms with Crippen LogP contribution in [0.4, 0.5) is 0 Å². The molecule has 1 saturated heterocycles. The summed E-state index contributed by atoms with van der Waals surface area (Å²) < 4.78 is 17.8. The molecule has 2 aliphatic rings. The zero-order chi connectivity index (χ0) is 27.4. The molecule has 0 aromatic heterocycles. The summed E-state index contributed by atoms with van der Waals surface area (Å²) in [6.07, 6.45) is 3.88. The fraction of sp³-hybridized carbons (Fsp3) is 0.424. The molecule has 2 atom stereocenters. The highest BCUT2D eigenvalue weighted by molar-refractivity contribution is 5.85. The lowest BCUT2D eigenvalue weighted by atomic mass is 9.75. The second-order valence-electron chi connectivity index (χ2n) is 11.6. The molecule has 0 amide bonds. The van der Waals surface area contributed by atoms with Gasteiger partial charge >= 0.3 is 5.97 Å². The first-order chi connectivity index (χ1) is 18.8. The Morgan fingerprint density at radius 1 is 0.950 bits per heavy atom. The van der Waals surface area contributed by atoms with E-state index in [0.717, 1.165) is 36.5 Å². The number of esters is 1. The molecule has 40 heavy (non-hydrogen) atoms. The number of halogens is 1. The van der Waals surface area contributed by atoms with Crippen molar-refractivity contribution in [3.8, 4) is 23.0 Å². The number of aromatic hydroxyl groups is 1. The van der Waals surface area contributed by atoms with Crippen LogP contribution in [0.3, 0.4) is 0 Å². The third-order valence-corrected chi connectivity index (χ3v) is 7.64. The first-order valence-electron chi connectivity index (χ1n) is 14.0. The molecule has 0 radical (unpaired) electrons. The van der Waals surface area contributed by atoms with Gasteiger partial charge < -0.3 is 19.3 Å². The largest absolute Gasteiger partial charge is 0.507 e. The van der Waals surface area contributed by atoms with Crippen LogP contribution in [0.5, 0.6) is 23.0 Å². The smallest absolute Gasteiger partial charge is 0.316 e. The molecule has 2 unspecified atom stereocenters. The number of piperidine rings is 1. The van der Waals surface area contributed by atoms with Gasteiger partial charge in [0.05, 0.1) is 12.0 Å². The third-order valence-electron chi connectivity index (χ3n) is 7.64. The highest BCUT2D eigenvalue weighted by Gasteiger charge is 2.36. The SMILES string of the molecule is CC(C)(C)C(=O)Oc1cc(O)c2c(c1)OCC(c1ccccc1)C2c1ccc(OCCN2CCCCC2)cc1.Cl. The topological polar surface area (TPSA) is 68.2 Å². The van der Waals surface area contributed by atoms with Crippen LogP contribution in [0, 0.1) is 5.41 Å². The van der Waals surface area contributed by atoms with Gasteiger partial charge in [0.25, 0.3) is 0 Å². The predicted octanol–water partition coefficient (Wildman–Crippen LogP) is 6.94. The van der Waals surface area contributed by atoms with E-state index in [1.807, 2.05) is 30.3 Å². The quantitative estimate of drug-likeness (QED) is 0.247. The monoisotopic (exact) mass is 565 g/mol. The number of hydrogen-bond donors (Lipinski definition) is 1. The maximum absolute atomic E-state index is 12.5. The summed E-state index contributed by atoms with van der Waals surface area (Å²) in [6.45, 7) is 9.76. The standard InChI is InChI=1S/C33H39NO5.ClH/c1-33(2,3)32(36)39-26-20-28(35)31-29(21-26)38-22-27(23-10-6-4-7-11-23)30(31)24-12-14-25(15-13-24)37-19-18-34-16-8-5-9-17-34;/h4,6-7,10-15,20-21,27,30,35H,5,8-9,16-19,22H2,1-3H3;1H. The van der Waals surface area contributed by atoms with E-state index in [-0.39, 0.29) is 41.7 Å². The lowest BCUT2D eigenvalue weighted by Gasteiger charge is -2.35. The molecule has 2 heterocycles. The summed E-state index contributed by atoms with van der Waals surface area (Å²) in [6, 6.07) is 21.7. The molecule has 0 aliphatic carbocycles. The third kappa shape index (κ3) is 6.91. The molecule has 214 valence electrons. The Bertz CT molecular complexity index is 1270. The fourth-order valence-corrected chi connectivity index (χ4v) is 5.45. The van der Waals surface area contributed by atoms with Crippen molar-refractivity contribution in [1.29, 1.82) is 0 Å². The molecule has 2 aliphatic heterocycles. The van der Waals surface area contributed by atoms with E-state index in [9.17, 15) is 9.90 Å². The van der Waals surface area contributed by atoms with Gasteiger partial charge in [0.1, 0.15) is 29.6 Å². The first kappa shape index (κ1) is 29.8. The van der Waals surface area contributed by atoms with E-state index in [2.05, 4.69) is 29.2 Å². The van der Waals surface area contributed by atoms with Crippen molar-refractivity contribution in [2.75, 3.05) is 32.8 Å². The Morgan fingerprint density at radius 2 is 1.65 bits per heavy atom. The number of fused-ring (bicyclic) bond motifs is 1. The van der Waals surface area contributed by atoms with E-state index < -0.39 is 5.41 Å². The van der Waals surface area contributed by atoms with Gasteiger partial charge in [0, 0.05) is 36.1 Å². The number of likely N-dealkylation sites (tertiary alicyclic amines) is 1. The molecule has 3 aromatic carbocycles. The van der Waals surface area contributed by atoms with Crippen molar-refractivity contribution < 1.29 is 24.1 Å². The van der Waals surface area contributed by atoms with Crippen molar-refractivity contribution in [3.63, 3.8) is 0 Å². The summed E-state index contributed by atoms with van der Waals surface area (Å²) in [5.41, 5.74) is 2.24. The molecule has 5 rings (SSSR count). The average Bonchev–Trinajstić information content (AvgIpc) is 2.93. The molecule has 1 N–H and O–H groups in total. The second-order valence-corrected chi connectivity index (χ2v) is 11.6. The molecule has 0 spiro atoms. The fourth-order valence-electron chi connectivity index (χ4n) is 5.45. The maximum atomic E-state index is 12.5. The van der Waals surface area contributed by atoms with Crippen LogP contribution < -0.4 is 14.2 Å². The number of benzene rings is 3. The van der Waals surface area contributed by atoms with Crippen molar-refractivity contribution in [2.45, 2.75) is 51.9 Å². The maximum Gasteiger partial charge on any atom is 0.316 e. The first-order valence-corrected chi connectivity index (χ1v) is 14.0. The predicted molar refractivity (Wildman–Crippen MR) is 159 cm³/mol. The molecular weight excluding hydrogens is 526 g/mol. The zero-order valence-electron chi connectivity index (χ0n) is 23.6. The van der Waals surface area contributed by atoms with Crippen molar-refractivity contribution in [1.82, 2.24) is 4.90 Å². The van der Waals surface area contributed by atoms with Crippen LogP contribution in [0.25, 0.3) is 0 Å². The highest BCUT2D eigenvalue weighted by Crippen LogP contribution is 2.51. The van der Waals surface area contributed by atoms with Gasteiger partial charge in [0.2, 0.25) is 0 Å². The van der Waals surface area contributed by atoms with Gasteiger partial charge in [-0.2, -0.15) is 0 Å². The number of hydrogen-bond acceptors (Lipinski definition) is 6. The molecule has 3 aromatic rings. The summed E-state index contributed by atoms with van der Waals surface area (Å²) in [4.78, 5) is 14.9. The summed E-state index contributed by atoms with van der Waals surface area (Å²) in [5, 5.41) is 11.2. The van der Waals surface area contributed by atoms with Gasteiger partial charge in [-0.3, -0.25) is 9.69 Å². The van der Waals surface area contributed by atoms with E-state index in [1.54, 1.807) is 26.8 Å². The minimum Gasteiger partial charge on any atom is -0.507 e. The van der Waals surface area contributed by atoms with Crippen LogP contribution in [0.1, 0.15) is 68.6 Å². The molecular formula is C33H40ClNO5. The summed E-state index contributed by atoms with van der Waals surface area (Å²) >= 11 is 0. The number of phenolic OH excluding ortho intramolecular Hbond substituents is 1. The van der Waals surface area contributed by atoms with Crippen LogP contribution in [-0.4, -0.2) is 48.8 Å². The summed E-state index contributed by atoms with van der Waals surface area (Å²) in [7, 11) is 0. The lowest BCUT2D eigenvalue weighted by Crippen LogP contribution is -2.33. The van der Waals surface area contributed by atoms with Gasteiger partial charge in [-0.25, -0.2) is 0 Å². The minimum absolute atomic E-state index is 0. The Hall–Kier alpha value is -3.22. The second kappa shape index (κ2) is 13.0. The van der Waals surface area contributed by atoms with Gasteiger partial charge in [0.15, 0.2) is 0 Å². The van der Waals surface area contributed by atoms with Gasteiger partial charge in [-0.1, -0.05) is 48.9 Å². The van der Waals surface area contributed by atoms with Gasteiger partial charge in [-0.05, 0) is 70.0 Å². The Balaban J connectivity index is 0.00000370. The van der Waals surface area contributed by atoms with Crippen LogP contribution >= 0.6 is 12.4 Å². The Kier molecular flexibility index (Phi) is 9.64. The summed E-state index contributed by atoms with van der Waals surface area (Å²) in [5.74, 6) is 1.19. The van der Waals surface area contributed by atoms with E-state index >= 15 is 0 Å². The molecule has 0 bridgehead atoms. The van der Waals surface area contributed by atoms with Crippen molar-refractivity contribution >= 4 is 18.4 Å². The van der Waals surface area contributed by atoms with Crippen LogP contribution in [-0.2, 0) is 4.79 Å². The normalized spacial score (nSPS) is 19.1. The average molecular weight is 566 g/mol. The van der Waals surface area contributed by atoms with Gasteiger partial charge in [-0.15, -0.1) is 12.4 Å². The Labute approximate surface area is 243 Å². The van der Waals surface area contributed by atoms with Crippen molar-refractivity contribution in [2.24, 2.45) is 5.41 Å². The highest BCUT2D eigenvalue weighted by atomic mass is 35.5. The number of nitrogens with zero attached hydrogens (tertiary/aromatic N) is 1. The number of phenols is 1. The van der Waals surface area contributed by atoms with E-state index in [1.165, 1.54) is 25.3 Å². The minimum atomic E-state index is -0.662. The van der Waals surface area contributed by atoms with Crippen LogP contribution in [0.15, 0.2) is 66.7 Å². The van der Waals surface area contributed by atoms with Crippen LogP contribution in [0.2, 0.25) is 0 Å². The molecule has 0 saturated carbocycles. The number of rotatable bonds is 7. The Morgan fingerprint density at radius 3 is 2.33 bits per heavy atom. The zero-order valence-corrected chi connectivity index (χ0v) is 24.4. The van der Waals surface area contributed by atoms with E-state index in [4.69, 9.17) is 14.2 Å². The lowest BCUT2D eigenvalue weighted by molar-refractivity contribution is -0.143. The van der Waals surface area contributed by atoms with E-state index in [0.29, 0.717) is 24.5 Å². The van der Waals surface area contributed by atoms with Crippen molar-refractivity contribution in [3.05, 3.63) is 83.4 Å². The number of carbonyl (C=O) groups is 1. The number of ether oxygens (including phenoxy) is 3. The molecule has 6 nitrogen and oxygen atoms in total. The number of carbonyl (C=O) groups excluding carboxylic acids is 1. The molecule has 1 fully saturated rings. The molecule has 7 heteroatoms.